The van der Waals surface area contributed by atoms with Crippen LogP contribution in [0.1, 0.15) is 46.0 Å². The molecule has 1 rings (SSSR count). The second-order valence-corrected chi connectivity index (χ2v) is 4.69. The third-order valence-corrected chi connectivity index (χ3v) is 3.07. The Balaban J connectivity index is 2.32. The van der Waals surface area contributed by atoms with Crippen LogP contribution in [0.4, 0.5) is 0 Å². The van der Waals surface area contributed by atoms with E-state index in [1.807, 2.05) is 0 Å². The number of hydrogen-bond acceptors (Lipinski definition) is 2. The Morgan fingerprint density at radius 2 is 2.00 bits per heavy atom. The summed E-state index contributed by atoms with van der Waals surface area (Å²) in [5, 5.41) is 6.21. The van der Waals surface area contributed by atoms with Gasteiger partial charge >= 0.3 is 0 Å². The van der Waals surface area contributed by atoms with Crippen LogP contribution in [0.3, 0.4) is 0 Å². The summed E-state index contributed by atoms with van der Waals surface area (Å²) in [6, 6.07) is 0.276. The molecule has 0 bridgehead atoms. The highest BCUT2D eigenvalue weighted by atomic mass is 16.1. The molecule has 0 saturated heterocycles. The highest BCUT2D eigenvalue weighted by Crippen LogP contribution is 2.29. The van der Waals surface area contributed by atoms with E-state index in [4.69, 9.17) is 0 Å². The molecule has 1 aliphatic carbocycles. The van der Waals surface area contributed by atoms with E-state index in [0.717, 1.165) is 0 Å². The summed E-state index contributed by atoms with van der Waals surface area (Å²) in [4.78, 5) is 11.1. The first-order chi connectivity index (χ1) is 6.56. The predicted molar refractivity (Wildman–Crippen MR) is 58.2 cm³/mol. The van der Waals surface area contributed by atoms with Crippen molar-refractivity contribution in [2.24, 2.45) is 0 Å². The molecule has 3 nitrogen and oxygen atoms in total. The monoisotopic (exact) mass is 198 g/mol. The van der Waals surface area contributed by atoms with E-state index in [-0.39, 0.29) is 17.5 Å². The Labute approximate surface area is 86.6 Å². The van der Waals surface area contributed by atoms with Gasteiger partial charge in [-0.3, -0.25) is 4.79 Å². The minimum Gasteiger partial charge on any atom is -0.359 e. The molecule has 1 unspecified atom stereocenters. The topological polar surface area (TPSA) is 41.1 Å². The maximum Gasteiger partial charge on any atom is 0.221 e. The molecule has 1 fully saturated rings. The molecule has 1 saturated carbocycles. The molecule has 14 heavy (non-hydrogen) atoms. The molecule has 0 spiro atoms. The smallest absolute Gasteiger partial charge is 0.221 e. The lowest BCUT2D eigenvalue weighted by atomic mass is 9.99. The van der Waals surface area contributed by atoms with Gasteiger partial charge in [0.15, 0.2) is 0 Å². The van der Waals surface area contributed by atoms with E-state index < -0.39 is 0 Å². The second kappa shape index (κ2) is 4.78. The minimum atomic E-state index is 0.117. The van der Waals surface area contributed by atoms with Crippen molar-refractivity contribution in [2.45, 2.75) is 57.5 Å². The van der Waals surface area contributed by atoms with Crippen molar-refractivity contribution in [1.82, 2.24) is 10.6 Å². The van der Waals surface area contributed by atoms with Crippen LogP contribution < -0.4 is 10.6 Å². The lowest BCUT2D eigenvalue weighted by molar-refractivity contribution is -0.121. The molecule has 0 heterocycles. The molecule has 82 valence electrons. The Morgan fingerprint density at radius 3 is 2.50 bits per heavy atom. The summed E-state index contributed by atoms with van der Waals surface area (Å²) in [6.07, 6.45) is 5.69. The zero-order valence-corrected chi connectivity index (χ0v) is 9.52. The van der Waals surface area contributed by atoms with Crippen LogP contribution in [-0.2, 0) is 4.79 Å². The van der Waals surface area contributed by atoms with Gasteiger partial charge in [-0.15, -0.1) is 0 Å². The van der Waals surface area contributed by atoms with Gasteiger partial charge in [-0.05, 0) is 26.7 Å². The number of hydrogen-bond donors (Lipinski definition) is 2. The van der Waals surface area contributed by atoms with Gasteiger partial charge in [0.05, 0.1) is 0 Å². The molecule has 0 aliphatic heterocycles. The standard InChI is InChI=1S/C11H22N2O/c1-9(8-10(14)12-3)13-11(2)6-4-5-7-11/h9,13H,4-8H2,1-3H3,(H,12,14). The third kappa shape index (κ3) is 3.29. The molecule has 1 amide bonds. The van der Waals surface area contributed by atoms with Gasteiger partial charge in [0.25, 0.3) is 0 Å². The fourth-order valence-corrected chi connectivity index (χ4v) is 2.33. The predicted octanol–water partition coefficient (Wildman–Crippen LogP) is 1.43. The van der Waals surface area contributed by atoms with Crippen LogP contribution in [0.15, 0.2) is 0 Å². The molecule has 0 aromatic rings. The highest BCUT2D eigenvalue weighted by molar-refractivity contribution is 5.76. The SMILES string of the molecule is CNC(=O)CC(C)NC1(C)CCCC1. The zero-order valence-electron chi connectivity index (χ0n) is 9.52. The quantitative estimate of drug-likeness (QED) is 0.717. The Hall–Kier alpha value is -0.570. The number of nitrogens with one attached hydrogen (secondary N) is 2. The van der Waals surface area contributed by atoms with Crippen LogP contribution in [0.25, 0.3) is 0 Å². The van der Waals surface area contributed by atoms with Gasteiger partial charge in [-0.1, -0.05) is 12.8 Å². The van der Waals surface area contributed by atoms with E-state index in [1.54, 1.807) is 7.05 Å². The summed E-state index contributed by atoms with van der Waals surface area (Å²) in [5.41, 5.74) is 0.271. The maximum atomic E-state index is 11.1. The number of rotatable bonds is 4. The van der Waals surface area contributed by atoms with Gasteiger partial charge in [0.2, 0.25) is 5.91 Å². The van der Waals surface area contributed by atoms with E-state index >= 15 is 0 Å². The minimum absolute atomic E-state index is 0.117. The molecule has 0 aromatic carbocycles. The van der Waals surface area contributed by atoms with Crippen molar-refractivity contribution >= 4 is 5.91 Å². The number of carbonyl (C=O) groups excluding carboxylic acids is 1. The fraction of sp³-hybridized carbons (Fsp3) is 0.909. The first-order valence-electron chi connectivity index (χ1n) is 5.54. The van der Waals surface area contributed by atoms with Gasteiger partial charge < -0.3 is 10.6 Å². The molecular formula is C11H22N2O. The summed E-state index contributed by atoms with van der Waals surface area (Å²) >= 11 is 0. The summed E-state index contributed by atoms with van der Waals surface area (Å²) < 4.78 is 0. The van der Waals surface area contributed by atoms with Crippen molar-refractivity contribution < 1.29 is 4.79 Å². The Bertz CT molecular complexity index is 197. The first-order valence-corrected chi connectivity index (χ1v) is 5.54. The summed E-state index contributed by atoms with van der Waals surface area (Å²) in [5.74, 6) is 0.117. The second-order valence-electron chi connectivity index (χ2n) is 4.69. The van der Waals surface area contributed by atoms with Crippen molar-refractivity contribution in [2.75, 3.05) is 7.05 Å². The van der Waals surface area contributed by atoms with Gasteiger partial charge in [0, 0.05) is 25.0 Å². The van der Waals surface area contributed by atoms with Gasteiger partial charge in [0.1, 0.15) is 0 Å². The Kier molecular flexibility index (Phi) is 3.93. The van der Waals surface area contributed by atoms with Crippen molar-refractivity contribution in [1.29, 1.82) is 0 Å². The van der Waals surface area contributed by atoms with Crippen LogP contribution in [-0.4, -0.2) is 24.5 Å². The van der Waals surface area contributed by atoms with Crippen molar-refractivity contribution in [3.8, 4) is 0 Å². The average molecular weight is 198 g/mol. The van der Waals surface area contributed by atoms with Crippen LogP contribution in [0, 0.1) is 0 Å². The lowest BCUT2D eigenvalue weighted by Crippen LogP contribution is -2.46. The normalized spacial score (nSPS) is 21.9. The summed E-state index contributed by atoms with van der Waals surface area (Å²) in [7, 11) is 1.69. The van der Waals surface area contributed by atoms with E-state index in [1.165, 1.54) is 25.7 Å². The Morgan fingerprint density at radius 1 is 1.43 bits per heavy atom. The van der Waals surface area contributed by atoms with Crippen molar-refractivity contribution in [3.63, 3.8) is 0 Å². The molecule has 1 aliphatic rings. The van der Waals surface area contributed by atoms with E-state index in [9.17, 15) is 4.79 Å². The summed E-state index contributed by atoms with van der Waals surface area (Å²) in [6.45, 7) is 4.35. The van der Waals surface area contributed by atoms with Gasteiger partial charge in [-0.2, -0.15) is 0 Å². The fourth-order valence-electron chi connectivity index (χ4n) is 2.33. The highest BCUT2D eigenvalue weighted by Gasteiger charge is 2.29. The van der Waals surface area contributed by atoms with E-state index in [2.05, 4.69) is 24.5 Å². The van der Waals surface area contributed by atoms with E-state index in [0.29, 0.717) is 6.42 Å². The average Bonchev–Trinajstić information content (AvgIpc) is 2.51. The number of carbonyl (C=O) groups is 1. The molecule has 1 atom stereocenters. The van der Waals surface area contributed by atoms with Crippen molar-refractivity contribution in [3.05, 3.63) is 0 Å². The lowest BCUT2D eigenvalue weighted by Gasteiger charge is -2.29. The molecule has 2 N–H and O–H groups in total. The zero-order chi connectivity index (χ0) is 10.6. The number of amides is 1. The third-order valence-electron chi connectivity index (χ3n) is 3.07. The maximum absolute atomic E-state index is 11.1. The molecule has 3 heteroatoms. The van der Waals surface area contributed by atoms with Crippen LogP contribution >= 0.6 is 0 Å². The molecular weight excluding hydrogens is 176 g/mol. The van der Waals surface area contributed by atoms with Crippen LogP contribution in [0.2, 0.25) is 0 Å². The first kappa shape index (κ1) is 11.5. The molecule has 0 aromatic heterocycles. The molecule has 0 radical (unpaired) electrons. The largest absolute Gasteiger partial charge is 0.359 e. The van der Waals surface area contributed by atoms with Gasteiger partial charge in [-0.25, -0.2) is 0 Å². The van der Waals surface area contributed by atoms with Crippen LogP contribution in [0.5, 0.6) is 0 Å².